The number of aliphatic hydroxyl groups is 1. The van der Waals surface area contributed by atoms with Crippen LogP contribution in [0.25, 0.3) is 0 Å². The van der Waals surface area contributed by atoms with Gasteiger partial charge in [0.1, 0.15) is 16.8 Å². The third kappa shape index (κ3) is 4.40. The van der Waals surface area contributed by atoms with E-state index in [-0.39, 0.29) is 0 Å². The minimum Gasteiger partial charge on any atom is -0.387 e. The molecule has 5 nitrogen and oxygen atoms in total. The van der Waals surface area contributed by atoms with Crippen molar-refractivity contribution >= 4 is 17.4 Å². The van der Waals surface area contributed by atoms with Crippen LogP contribution in [0.2, 0.25) is 5.15 Å². The van der Waals surface area contributed by atoms with Crippen LogP contribution in [0, 0.1) is 13.8 Å². The first kappa shape index (κ1) is 15.1. The molecule has 0 bridgehead atoms. The predicted molar refractivity (Wildman–Crippen MR) is 74.2 cm³/mol. The Morgan fingerprint density at radius 1 is 1.33 bits per heavy atom. The summed E-state index contributed by atoms with van der Waals surface area (Å²) >= 11 is 5.99. The highest BCUT2D eigenvalue weighted by Crippen LogP contribution is 2.20. The van der Waals surface area contributed by atoms with Gasteiger partial charge in [-0.15, -0.1) is 0 Å². The lowest BCUT2D eigenvalue weighted by Gasteiger charge is -2.27. The molecule has 1 heterocycles. The van der Waals surface area contributed by atoms with E-state index in [1.807, 2.05) is 25.9 Å². The molecule has 0 amide bonds. The molecule has 1 aromatic heterocycles. The van der Waals surface area contributed by atoms with Gasteiger partial charge in [0, 0.05) is 18.7 Å². The number of rotatable bonds is 5. The van der Waals surface area contributed by atoms with Gasteiger partial charge in [-0.3, -0.25) is 0 Å². The molecule has 1 unspecified atom stereocenters. The van der Waals surface area contributed by atoms with Crippen LogP contribution in [0.15, 0.2) is 0 Å². The van der Waals surface area contributed by atoms with E-state index in [2.05, 4.69) is 15.3 Å². The Hall–Kier alpha value is -0.910. The van der Waals surface area contributed by atoms with Gasteiger partial charge in [0.2, 0.25) is 0 Å². The van der Waals surface area contributed by atoms with E-state index >= 15 is 0 Å². The van der Waals surface area contributed by atoms with E-state index in [4.69, 9.17) is 11.6 Å². The summed E-state index contributed by atoms with van der Waals surface area (Å²) in [6, 6.07) is 0. The van der Waals surface area contributed by atoms with Gasteiger partial charge in [-0.05, 0) is 34.9 Å². The molecule has 0 radical (unpaired) electrons. The highest BCUT2D eigenvalue weighted by atomic mass is 35.5. The van der Waals surface area contributed by atoms with Crippen molar-refractivity contribution in [1.82, 2.24) is 14.9 Å². The lowest BCUT2D eigenvalue weighted by atomic mass is 10.1. The minimum atomic E-state index is -0.832. The molecule has 0 aromatic carbocycles. The number of likely N-dealkylation sites (N-methyl/N-ethyl adjacent to an activating group) is 1. The zero-order chi connectivity index (χ0) is 13.9. The van der Waals surface area contributed by atoms with Crippen LogP contribution in [0.1, 0.15) is 18.3 Å². The molecule has 6 heteroatoms. The number of hydrogen-bond acceptors (Lipinski definition) is 5. The second kappa shape index (κ2) is 5.82. The van der Waals surface area contributed by atoms with E-state index in [9.17, 15) is 5.11 Å². The summed E-state index contributed by atoms with van der Waals surface area (Å²) in [6.45, 7) is 6.39. The van der Waals surface area contributed by atoms with Crippen LogP contribution in [0.3, 0.4) is 0 Å². The molecular formula is C12H21ClN4O. The van der Waals surface area contributed by atoms with Gasteiger partial charge in [-0.2, -0.15) is 0 Å². The fourth-order valence-electron chi connectivity index (χ4n) is 1.78. The zero-order valence-electron chi connectivity index (χ0n) is 11.6. The average Bonchev–Trinajstić information content (AvgIpc) is 2.19. The topological polar surface area (TPSA) is 61.3 Å². The molecule has 0 aliphatic heterocycles. The molecule has 0 saturated carbocycles. The molecule has 1 rings (SSSR count). The molecule has 0 aliphatic rings. The number of hydrogen-bond donors (Lipinski definition) is 2. The number of aromatic nitrogens is 2. The van der Waals surface area contributed by atoms with Crippen LogP contribution in [-0.2, 0) is 0 Å². The van der Waals surface area contributed by atoms with E-state index < -0.39 is 5.60 Å². The molecule has 0 aliphatic carbocycles. The van der Waals surface area contributed by atoms with E-state index in [1.54, 1.807) is 13.8 Å². The molecular weight excluding hydrogens is 252 g/mol. The van der Waals surface area contributed by atoms with Crippen LogP contribution in [0.4, 0.5) is 5.82 Å². The average molecular weight is 273 g/mol. The fourth-order valence-corrected chi connectivity index (χ4v) is 1.99. The minimum absolute atomic E-state index is 0.402. The van der Waals surface area contributed by atoms with Crippen molar-refractivity contribution in [3.63, 3.8) is 0 Å². The zero-order valence-corrected chi connectivity index (χ0v) is 12.3. The van der Waals surface area contributed by atoms with Crippen molar-refractivity contribution in [2.45, 2.75) is 26.4 Å². The Bertz CT molecular complexity index is 421. The summed E-state index contributed by atoms with van der Waals surface area (Å²) in [4.78, 5) is 10.3. The van der Waals surface area contributed by atoms with E-state index in [1.165, 1.54) is 0 Å². The maximum atomic E-state index is 10.2. The lowest BCUT2D eigenvalue weighted by molar-refractivity contribution is 0.0459. The fraction of sp³-hybridized carbons (Fsp3) is 0.667. The first-order valence-corrected chi connectivity index (χ1v) is 6.21. The van der Waals surface area contributed by atoms with Crippen molar-refractivity contribution in [1.29, 1.82) is 0 Å². The van der Waals surface area contributed by atoms with E-state index in [0.29, 0.717) is 29.9 Å². The highest BCUT2D eigenvalue weighted by Gasteiger charge is 2.21. The van der Waals surface area contributed by atoms with Crippen LogP contribution >= 0.6 is 11.6 Å². The van der Waals surface area contributed by atoms with E-state index in [0.717, 1.165) is 5.56 Å². The molecule has 0 saturated heterocycles. The predicted octanol–water partition coefficient (Wildman–Crippen LogP) is 1.47. The van der Waals surface area contributed by atoms with Crippen molar-refractivity contribution in [2.24, 2.45) is 0 Å². The van der Waals surface area contributed by atoms with Gasteiger partial charge in [-0.1, -0.05) is 11.6 Å². The number of nitrogens with one attached hydrogen (secondary N) is 1. The Morgan fingerprint density at radius 3 is 2.50 bits per heavy atom. The molecule has 102 valence electrons. The summed E-state index contributed by atoms with van der Waals surface area (Å²) in [5.74, 6) is 1.28. The second-order valence-electron chi connectivity index (χ2n) is 5.12. The molecule has 0 fully saturated rings. The van der Waals surface area contributed by atoms with Gasteiger partial charge in [0.25, 0.3) is 0 Å². The normalized spacial score (nSPS) is 14.7. The largest absolute Gasteiger partial charge is 0.387 e. The maximum absolute atomic E-state index is 10.2. The quantitative estimate of drug-likeness (QED) is 0.795. The first-order valence-electron chi connectivity index (χ1n) is 5.83. The van der Waals surface area contributed by atoms with Crippen LogP contribution < -0.4 is 5.32 Å². The van der Waals surface area contributed by atoms with Crippen molar-refractivity contribution in [3.05, 3.63) is 16.5 Å². The Balaban J connectivity index is 2.74. The smallest absolute Gasteiger partial charge is 0.137 e. The Morgan fingerprint density at radius 2 is 1.94 bits per heavy atom. The standard InChI is InChI=1S/C12H21ClN4O/c1-8-10(13)15-9(2)16-11(8)14-6-12(3,18)7-17(4)5/h18H,6-7H2,1-5H3,(H,14,15,16). The number of nitrogens with zero attached hydrogens (tertiary/aromatic N) is 3. The van der Waals surface area contributed by atoms with Crippen molar-refractivity contribution in [2.75, 3.05) is 32.5 Å². The maximum Gasteiger partial charge on any atom is 0.137 e. The van der Waals surface area contributed by atoms with Gasteiger partial charge >= 0.3 is 0 Å². The third-order valence-corrected chi connectivity index (χ3v) is 2.86. The molecule has 0 spiro atoms. The molecule has 18 heavy (non-hydrogen) atoms. The van der Waals surface area contributed by atoms with Gasteiger partial charge < -0.3 is 15.3 Å². The monoisotopic (exact) mass is 272 g/mol. The first-order chi connectivity index (χ1) is 8.21. The molecule has 1 aromatic rings. The molecule has 2 N–H and O–H groups in total. The highest BCUT2D eigenvalue weighted by molar-refractivity contribution is 6.30. The van der Waals surface area contributed by atoms with Crippen molar-refractivity contribution < 1.29 is 5.11 Å². The van der Waals surface area contributed by atoms with Crippen LogP contribution in [-0.4, -0.2) is 52.8 Å². The number of halogens is 1. The van der Waals surface area contributed by atoms with Gasteiger partial charge in [-0.25, -0.2) is 9.97 Å². The SMILES string of the molecule is Cc1nc(Cl)c(C)c(NCC(C)(O)CN(C)C)n1. The van der Waals surface area contributed by atoms with Crippen molar-refractivity contribution in [3.8, 4) is 0 Å². The number of anilines is 1. The third-order valence-electron chi connectivity index (χ3n) is 2.49. The Kier molecular flexibility index (Phi) is 4.90. The molecule has 1 atom stereocenters. The summed E-state index contributed by atoms with van der Waals surface area (Å²) in [5, 5.41) is 13.8. The van der Waals surface area contributed by atoms with Gasteiger partial charge in [0.05, 0.1) is 5.60 Å². The summed E-state index contributed by atoms with van der Waals surface area (Å²) in [6.07, 6.45) is 0. The lowest BCUT2D eigenvalue weighted by Crippen LogP contribution is -2.43. The second-order valence-corrected chi connectivity index (χ2v) is 5.48. The summed E-state index contributed by atoms with van der Waals surface area (Å²) in [7, 11) is 3.84. The summed E-state index contributed by atoms with van der Waals surface area (Å²) < 4.78 is 0. The summed E-state index contributed by atoms with van der Waals surface area (Å²) in [5.41, 5.74) is -0.0377. The Labute approximate surface area is 113 Å². The number of aryl methyl sites for hydroxylation is 1. The van der Waals surface area contributed by atoms with Crippen LogP contribution in [0.5, 0.6) is 0 Å². The van der Waals surface area contributed by atoms with Gasteiger partial charge in [0.15, 0.2) is 0 Å².